The van der Waals surface area contributed by atoms with Gasteiger partial charge in [-0.25, -0.2) is 9.78 Å². The van der Waals surface area contributed by atoms with Crippen molar-refractivity contribution in [3.05, 3.63) is 52.5 Å². The van der Waals surface area contributed by atoms with Gasteiger partial charge in [-0.3, -0.25) is 10.3 Å². The number of aromatic nitrogens is 1. The molecule has 1 fully saturated rings. The van der Waals surface area contributed by atoms with Gasteiger partial charge in [0.1, 0.15) is 24.1 Å². The molecule has 0 saturated carbocycles. The second-order valence-corrected chi connectivity index (χ2v) is 9.67. The van der Waals surface area contributed by atoms with Gasteiger partial charge in [0.25, 0.3) is 0 Å². The average Bonchev–Trinajstić information content (AvgIpc) is 3.42. The number of hydrogen-bond acceptors (Lipinski definition) is 7. The van der Waals surface area contributed by atoms with E-state index in [0.29, 0.717) is 25.6 Å². The zero-order valence-electron chi connectivity index (χ0n) is 18.2. The Morgan fingerprint density at radius 1 is 1.26 bits per heavy atom. The van der Waals surface area contributed by atoms with Crippen LogP contribution < -0.4 is 10.2 Å². The van der Waals surface area contributed by atoms with Gasteiger partial charge < -0.3 is 14.4 Å². The van der Waals surface area contributed by atoms with Crippen molar-refractivity contribution in [3.8, 4) is 5.75 Å². The number of hydrogen-bond donors (Lipinski definition) is 1. The third-order valence-electron chi connectivity index (χ3n) is 5.12. The highest BCUT2D eigenvalue weighted by molar-refractivity contribution is 7.09. The average molecular weight is 444 g/mol. The van der Waals surface area contributed by atoms with Crippen molar-refractivity contribution in [2.45, 2.75) is 51.2 Å². The lowest BCUT2D eigenvalue weighted by Crippen LogP contribution is -2.41. The predicted octanol–water partition coefficient (Wildman–Crippen LogP) is 4.58. The van der Waals surface area contributed by atoms with Gasteiger partial charge in [-0.1, -0.05) is 18.2 Å². The lowest BCUT2D eigenvalue weighted by atomic mass is 9.98. The zero-order valence-corrected chi connectivity index (χ0v) is 19.0. The Morgan fingerprint density at radius 2 is 2.00 bits per heavy atom. The lowest BCUT2D eigenvalue weighted by Gasteiger charge is -2.32. The minimum atomic E-state index is -0.466. The molecule has 2 aliphatic rings. The van der Waals surface area contributed by atoms with E-state index in [1.54, 1.807) is 16.2 Å². The highest BCUT2D eigenvalue weighted by Crippen LogP contribution is 2.32. The summed E-state index contributed by atoms with van der Waals surface area (Å²) in [6.45, 7) is 7.49. The molecule has 1 aromatic carbocycles. The van der Waals surface area contributed by atoms with Gasteiger partial charge in [-0.2, -0.15) is 0 Å². The molecule has 3 heterocycles. The molecule has 1 atom stereocenters. The number of nitrogens with one attached hydrogen (secondary N) is 1. The Bertz CT molecular complexity index is 914. The topological polar surface area (TPSA) is 72.9 Å². The molecule has 2 aliphatic heterocycles. The molecule has 31 heavy (non-hydrogen) atoms. The number of hydroxylamine groups is 1. The summed E-state index contributed by atoms with van der Waals surface area (Å²) in [5.74, 6) is 1.18. The molecule has 1 saturated heterocycles. The standard InChI is InChI=1S/C23H29N3O4S/c1-23(2,3)29-22(27)26-11-9-16(10-12-26)21-24-20(15-31-21)19-13-18(30-25-19)14-28-17-7-5-4-6-8-17/h4-8,13,15-16,18,25H,9-12,14H2,1-3H3. The number of ether oxygens (including phenoxy) is 2. The van der Waals surface area contributed by atoms with Gasteiger partial charge in [0.05, 0.1) is 16.4 Å². The minimum Gasteiger partial charge on any atom is -0.490 e. The van der Waals surface area contributed by atoms with Gasteiger partial charge >= 0.3 is 6.09 Å². The molecule has 7 nitrogen and oxygen atoms in total. The summed E-state index contributed by atoms with van der Waals surface area (Å²) in [5, 5.41) is 3.16. The summed E-state index contributed by atoms with van der Waals surface area (Å²) >= 11 is 1.66. The van der Waals surface area contributed by atoms with E-state index in [-0.39, 0.29) is 12.2 Å². The molecular weight excluding hydrogens is 414 g/mol. The fourth-order valence-electron chi connectivity index (χ4n) is 3.54. The van der Waals surface area contributed by atoms with Crippen molar-refractivity contribution in [1.82, 2.24) is 15.4 Å². The van der Waals surface area contributed by atoms with Gasteiger partial charge in [-0.15, -0.1) is 11.3 Å². The number of amides is 1. The number of benzene rings is 1. The fraction of sp³-hybridized carbons (Fsp3) is 0.478. The van der Waals surface area contributed by atoms with Crippen LogP contribution in [-0.2, 0) is 9.57 Å². The Morgan fingerprint density at radius 3 is 2.71 bits per heavy atom. The first-order valence-corrected chi connectivity index (χ1v) is 11.5. The summed E-state index contributed by atoms with van der Waals surface area (Å²) in [7, 11) is 0. The molecule has 1 N–H and O–H groups in total. The number of carbonyl (C=O) groups excluding carboxylic acids is 1. The maximum atomic E-state index is 12.3. The molecule has 0 aliphatic carbocycles. The molecule has 0 radical (unpaired) electrons. The lowest BCUT2D eigenvalue weighted by molar-refractivity contribution is 0.0204. The van der Waals surface area contributed by atoms with E-state index in [2.05, 4.69) is 10.9 Å². The van der Waals surface area contributed by atoms with Crippen molar-refractivity contribution >= 4 is 23.1 Å². The molecule has 0 bridgehead atoms. The van der Waals surface area contributed by atoms with Crippen molar-refractivity contribution in [1.29, 1.82) is 0 Å². The van der Waals surface area contributed by atoms with Crippen LogP contribution in [0.5, 0.6) is 5.75 Å². The van der Waals surface area contributed by atoms with Crippen LogP contribution in [0.15, 0.2) is 41.8 Å². The summed E-state index contributed by atoms with van der Waals surface area (Å²) in [5.41, 5.74) is 4.27. The molecule has 1 amide bonds. The Hall–Kier alpha value is -2.58. The number of thiazole rings is 1. The fourth-order valence-corrected chi connectivity index (χ4v) is 4.53. The number of piperidine rings is 1. The molecule has 1 unspecified atom stereocenters. The largest absolute Gasteiger partial charge is 0.490 e. The van der Waals surface area contributed by atoms with Crippen molar-refractivity contribution in [2.75, 3.05) is 19.7 Å². The Labute approximate surface area is 187 Å². The van der Waals surface area contributed by atoms with Gasteiger partial charge in [0, 0.05) is 24.4 Å². The summed E-state index contributed by atoms with van der Waals surface area (Å²) in [6, 6.07) is 9.69. The highest BCUT2D eigenvalue weighted by atomic mass is 32.1. The van der Waals surface area contributed by atoms with Gasteiger partial charge in [-0.05, 0) is 51.8 Å². The third-order valence-corrected chi connectivity index (χ3v) is 6.13. The summed E-state index contributed by atoms with van der Waals surface area (Å²) in [4.78, 5) is 24.5. The van der Waals surface area contributed by atoms with Gasteiger partial charge in [0.15, 0.2) is 0 Å². The predicted molar refractivity (Wildman–Crippen MR) is 120 cm³/mol. The second kappa shape index (κ2) is 9.28. The van der Waals surface area contributed by atoms with E-state index in [1.165, 1.54) is 0 Å². The van der Waals surface area contributed by atoms with Crippen LogP contribution in [0.1, 0.15) is 50.2 Å². The van der Waals surface area contributed by atoms with E-state index >= 15 is 0 Å². The summed E-state index contributed by atoms with van der Waals surface area (Å²) in [6.07, 6.45) is 3.39. The molecule has 4 rings (SSSR count). The number of likely N-dealkylation sites (tertiary alicyclic amines) is 1. The van der Waals surface area contributed by atoms with Crippen LogP contribution in [0.25, 0.3) is 5.70 Å². The molecule has 8 heteroatoms. The maximum absolute atomic E-state index is 12.3. The minimum absolute atomic E-state index is 0.169. The maximum Gasteiger partial charge on any atom is 0.410 e. The first-order chi connectivity index (χ1) is 14.9. The smallest absolute Gasteiger partial charge is 0.410 e. The molecule has 0 spiro atoms. The normalized spacial score (nSPS) is 19.6. The second-order valence-electron chi connectivity index (χ2n) is 8.78. The first-order valence-electron chi connectivity index (χ1n) is 10.6. The first kappa shape index (κ1) is 21.6. The monoisotopic (exact) mass is 443 g/mol. The van der Waals surface area contributed by atoms with E-state index in [1.807, 2.05) is 57.2 Å². The molecule has 2 aromatic rings. The van der Waals surface area contributed by atoms with Crippen LogP contribution in [0.3, 0.4) is 0 Å². The number of nitrogens with zero attached hydrogens (tertiary/aromatic N) is 2. The van der Waals surface area contributed by atoms with Crippen molar-refractivity contribution in [3.63, 3.8) is 0 Å². The van der Waals surface area contributed by atoms with Gasteiger partial charge in [0.2, 0.25) is 0 Å². The number of para-hydroxylation sites is 1. The van der Waals surface area contributed by atoms with Crippen LogP contribution in [0.4, 0.5) is 4.79 Å². The quantitative estimate of drug-likeness (QED) is 0.729. The van der Waals surface area contributed by atoms with E-state index < -0.39 is 5.60 Å². The van der Waals surface area contributed by atoms with Crippen molar-refractivity contribution in [2.24, 2.45) is 0 Å². The molecular formula is C23H29N3O4S. The SMILES string of the molecule is CC(C)(C)OC(=O)N1CCC(c2nc(C3=CC(COc4ccccc4)ON3)cs2)CC1. The van der Waals surface area contributed by atoms with Crippen LogP contribution in [0, 0.1) is 0 Å². The van der Waals surface area contributed by atoms with E-state index in [4.69, 9.17) is 19.3 Å². The van der Waals surface area contributed by atoms with Crippen LogP contribution in [-0.4, -0.2) is 47.4 Å². The Balaban J connectivity index is 1.29. The molecule has 1 aromatic heterocycles. The van der Waals surface area contributed by atoms with Crippen LogP contribution >= 0.6 is 11.3 Å². The van der Waals surface area contributed by atoms with E-state index in [9.17, 15) is 4.79 Å². The van der Waals surface area contributed by atoms with Crippen LogP contribution in [0.2, 0.25) is 0 Å². The van der Waals surface area contributed by atoms with Crippen molar-refractivity contribution < 1.29 is 19.1 Å². The zero-order chi connectivity index (χ0) is 21.8. The highest BCUT2D eigenvalue weighted by Gasteiger charge is 2.29. The Kier molecular flexibility index (Phi) is 6.48. The van der Waals surface area contributed by atoms with E-state index in [0.717, 1.165) is 35.0 Å². The number of carbonyl (C=O) groups is 1. The third kappa shape index (κ3) is 5.77. The summed E-state index contributed by atoms with van der Waals surface area (Å²) < 4.78 is 11.2. The number of rotatable bonds is 5. The molecule has 166 valence electrons.